The van der Waals surface area contributed by atoms with Crippen LogP contribution in [0.15, 0.2) is 30.3 Å². The molecule has 0 aromatic heterocycles. The molecular weight excluding hydrogens is 320 g/mol. The first-order chi connectivity index (χ1) is 10.1. The molecule has 1 aromatic rings. The molecular formula is C16H23ClN2O2S. The third-order valence-electron chi connectivity index (χ3n) is 3.87. The van der Waals surface area contributed by atoms with Crippen LogP contribution in [0, 0.1) is 5.92 Å². The van der Waals surface area contributed by atoms with Gasteiger partial charge in [0.2, 0.25) is 5.91 Å². The SMILES string of the molecule is CC1CC(CN)CN1C(=O)CSCC(=O)c1ccccc1.Cl. The van der Waals surface area contributed by atoms with Gasteiger partial charge in [-0.25, -0.2) is 0 Å². The van der Waals surface area contributed by atoms with Gasteiger partial charge in [-0.15, -0.1) is 24.2 Å². The van der Waals surface area contributed by atoms with E-state index in [0.717, 1.165) is 13.0 Å². The van der Waals surface area contributed by atoms with Gasteiger partial charge < -0.3 is 10.6 Å². The lowest BCUT2D eigenvalue weighted by molar-refractivity contribution is -0.128. The van der Waals surface area contributed by atoms with Crippen molar-refractivity contribution in [3.05, 3.63) is 35.9 Å². The minimum Gasteiger partial charge on any atom is -0.339 e. The average molecular weight is 343 g/mol. The van der Waals surface area contributed by atoms with E-state index in [4.69, 9.17) is 5.73 Å². The van der Waals surface area contributed by atoms with E-state index >= 15 is 0 Å². The predicted octanol–water partition coefficient (Wildman–Crippen LogP) is 2.22. The van der Waals surface area contributed by atoms with E-state index in [1.807, 2.05) is 23.1 Å². The Kier molecular flexibility index (Phi) is 7.93. The van der Waals surface area contributed by atoms with Crippen molar-refractivity contribution in [2.75, 3.05) is 24.6 Å². The number of carbonyl (C=O) groups excluding carboxylic acids is 2. The van der Waals surface area contributed by atoms with Crippen molar-refractivity contribution >= 4 is 35.9 Å². The molecule has 0 aliphatic carbocycles. The highest BCUT2D eigenvalue weighted by Crippen LogP contribution is 2.23. The second-order valence-corrected chi connectivity index (χ2v) is 6.50. The zero-order chi connectivity index (χ0) is 15.2. The fourth-order valence-corrected chi connectivity index (χ4v) is 3.48. The summed E-state index contributed by atoms with van der Waals surface area (Å²) in [4.78, 5) is 26.0. The van der Waals surface area contributed by atoms with Gasteiger partial charge in [-0.05, 0) is 25.8 Å². The maximum Gasteiger partial charge on any atom is 0.232 e. The molecule has 1 aliphatic rings. The number of nitrogens with two attached hydrogens (primary N) is 1. The number of likely N-dealkylation sites (tertiary alicyclic amines) is 1. The van der Waals surface area contributed by atoms with Gasteiger partial charge in [0.05, 0.1) is 11.5 Å². The standard InChI is InChI=1S/C16H22N2O2S.ClH/c1-12-7-13(8-17)9-18(12)16(20)11-21-10-15(19)14-5-3-2-4-6-14;/h2-6,12-13H,7-11,17H2,1H3;1H. The number of thioether (sulfide) groups is 1. The summed E-state index contributed by atoms with van der Waals surface area (Å²) in [6.45, 7) is 3.45. The van der Waals surface area contributed by atoms with Crippen LogP contribution in [0.5, 0.6) is 0 Å². The average Bonchev–Trinajstić information content (AvgIpc) is 2.89. The Balaban J connectivity index is 0.00000242. The maximum absolute atomic E-state index is 12.2. The van der Waals surface area contributed by atoms with E-state index in [9.17, 15) is 9.59 Å². The molecule has 1 aliphatic heterocycles. The third kappa shape index (κ3) is 5.00. The van der Waals surface area contributed by atoms with Crippen molar-refractivity contribution in [1.82, 2.24) is 4.90 Å². The van der Waals surface area contributed by atoms with Gasteiger partial charge in [0.1, 0.15) is 0 Å². The smallest absolute Gasteiger partial charge is 0.232 e. The van der Waals surface area contributed by atoms with Crippen molar-refractivity contribution in [1.29, 1.82) is 0 Å². The number of rotatable bonds is 6. The van der Waals surface area contributed by atoms with Gasteiger partial charge in [0, 0.05) is 18.2 Å². The summed E-state index contributed by atoms with van der Waals surface area (Å²) in [5, 5.41) is 0. The van der Waals surface area contributed by atoms with Crippen LogP contribution in [0.1, 0.15) is 23.7 Å². The molecule has 22 heavy (non-hydrogen) atoms. The van der Waals surface area contributed by atoms with Gasteiger partial charge in [-0.1, -0.05) is 30.3 Å². The highest BCUT2D eigenvalue weighted by atomic mass is 35.5. The Morgan fingerprint density at radius 2 is 1.95 bits per heavy atom. The molecule has 0 saturated carbocycles. The molecule has 6 heteroatoms. The topological polar surface area (TPSA) is 63.4 Å². The number of hydrogen-bond acceptors (Lipinski definition) is 4. The van der Waals surface area contributed by atoms with Crippen LogP contribution < -0.4 is 5.73 Å². The number of Topliss-reactive ketones (excluding diaryl/α,β-unsaturated/α-hetero) is 1. The largest absolute Gasteiger partial charge is 0.339 e. The van der Waals surface area contributed by atoms with Crippen LogP contribution in [0.3, 0.4) is 0 Å². The molecule has 2 N–H and O–H groups in total. The minimum absolute atomic E-state index is 0. The number of halogens is 1. The molecule has 4 nitrogen and oxygen atoms in total. The number of nitrogens with zero attached hydrogens (tertiary/aromatic N) is 1. The van der Waals surface area contributed by atoms with Gasteiger partial charge in [0.15, 0.2) is 5.78 Å². The molecule has 0 spiro atoms. The fraction of sp³-hybridized carbons (Fsp3) is 0.500. The van der Waals surface area contributed by atoms with Crippen LogP contribution in [0.25, 0.3) is 0 Å². The molecule has 0 bridgehead atoms. The molecule has 1 saturated heterocycles. The molecule has 122 valence electrons. The van der Waals surface area contributed by atoms with Crippen LogP contribution in [-0.4, -0.2) is 47.2 Å². The van der Waals surface area contributed by atoms with Crippen LogP contribution >= 0.6 is 24.2 Å². The van der Waals surface area contributed by atoms with Crippen molar-refractivity contribution in [2.45, 2.75) is 19.4 Å². The van der Waals surface area contributed by atoms with E-state index in [0.29, 0.717) is 29.5 Å². The molecule has 1 fully saturated rings. The Morgan fingerprint density at radius 3 is 2.55 bits per heavy atom. The van der Waals surface area contributed by atoms with E-state index in [2.05, 4.69) is 6.92 Å². The van der Waals surface area contributed by atoms with Crippen molar-refractivity contribution in [3.63, 3.8) is 0 Å². The Labute approximate surface area is 142 Å². The number of ketones is 1. The molecule has 0 radical (unpaired) electrons. The highest BCUT2D eigenvalue weighted by Gasteiger charge is 2.31. The molecule has 1 amide bonds. The molecule has 2 atom stereocenters. The van der Waals surface area contributed by atoms with Gasteiger partial charge in [-0.2, -0.15) is 0 Å². The Morgan fingerprint density at radius 1 is 1.27 bits per heavy atom. The van der Waals surface area contributed by atoms with Crippen LogP contribution in [0.2, 0.25) is 0 Å². The quantitative estimate of drug-likeness (QED) is 0.805. The van der Waals surface area contributed by atoms with Crippen LogP contribution in [0.4, 0.5) is 0 Å². The second-order valence-electron chi connectivity index (χ2n) is 5.51. The van der Waals surface area contributed by atoms with E-state index in [1.165, 1.54) is 11.8 Å². The Bertz CT molecular complexity index is 498. The number of carbonyl (C=O) groups is 2. The predicted molar refractivity (Wildman–Crippen MR) is 93.7 cm³/mol. The first-order valence-electron chi connectivity index (χ1n) is 7.27. The van der Waals surface area contributed by atoms with E-state index in [1.54, 1.807) is 12.1 Å². The number of benzene rings is 1. The molecule has 2 unspecified atom stereocenters. The van der Waals surface area contributed by atoms with Gasteiger partial charge in [-0.3, -0.25) is 9.59 Å². The summed E-state index contributed by atoms with van der Waals surface area (Å²) in [6, 6.07) is 9.45. The van der Waals surface area contributed by atoms with Crippen molar-refractivity contribution in [3.8, 4) is 0 Å². The number of hydrogen-bond donors (Lipinski definition) is 1. The first kappa shape index (κ1) is 19.0. The molecule has 1 aromatic carbocycles. The molecule has 1 heterocycles. The van der Waals surface area contributed by atoms with E-state index < -0.39 is 0 Å². The van der Waals surface area contributed by atoms with Crippen molar-refractivity contribution < 1.29 is 9.59 Å². The summed E-state index contributed by atoms with van der Waals surface area (Å²) >= 11 is 1.39. The van der Waals surface area contributed by atoms with Crippen LogP contribution in [-0.2, 0) is 4.79 Å². The summed E-state index contributed by atoms with van der Waals surface area (Å²) in [6.07, 6.45) is 0.982. The third-order valence-corrected chi connectivity index (χ3v) is 4.79. The first-order valence-corrected chi connectivity index (χ1v) is 8.42. The number of amides is 1. The van der Waals surface area contributed by atoms with E-state index in [-0.39, 0.29) is 30.1 Å². The highest BCUT2D eigenvalue weighted by molar-refractivity contribution is 8.00. The zero-order valence-electron chi connectivity index (χ0n) is 12.7. The molecule has 2 rings (SSSR count). The zero-order valence-corrected chi connectivity index (χ0v) is 14.4. The van der Waals surface area contributed by atoms with Gasteiger partial charge >= 0.3 is 0 Å². The Hall–Kier alpha value is -1.04. The second kappa shape index (κ2) is 9.18. The summed E-state index contributed by atoms with van der Waals surface area (Å²) in [7, 11) is 0. The lowest BCUT2D eigenvalue weighted by Gasteiger charge is -2.21. The fourth-order valence-electron chi connectivity index (χ4n) is 2.68. The minimum atomic E-state index is 0. The normalized spacial score (nSPS) is 20.5. The summed E-state index contributed by atoms with van der Waals surface area (Å²) in [5.74, 6) is 1.31. The summed E-state index contributed by atoms with van der Waals surface area (Å²) in [5.41, 5.74) is 6.38. The lowest BCUT2D eigenvalue weighted by atomic mass is 10.1. The van der Waals surface area contributed by atoms with Gasteiger partial charge in [0.25, 0.3) is 0 Å². The maximum atomic E-state index is 12.2. The monoisotopic (exact) mass is 342 g/mol. The summed E-state index contributed by atoms with van der Waals surface area (Å²) < 4.78 is 0. The lowest BCUT2D eigenvalue weighted by Crippen LogP contribution is -2.35. The van der Waals surface area contributed by atoms with Crippen molar-refractivity contribution in [2.24, 2.45) is 11.7 Å².